The van der Waals surface area contributed by atoms with E-state index in [0.717, 1.165) is 12.5 Å². The lowest BCUT2D eigenvalue weighted by atomic mass is 9.84. The summed E-state index contributed by atoms with van der Waals surface area (Å²) in [5, 5.41) is 0. The van der Waals surface area contributed by atoms with E-state index < -0.39 is 5.82 Å². The Kier molecular flexibility index (Phi) is 4.70. The molecule has 0 bridgehead atoms. The molecular weight excluding hydrogens is 232 g/mol. The molecule has 1 aliphatic rings. The van der Waals surface area contributed by atoms with Crippen molar-refractivity contribution in [1.82, 2.24) is 0 Å². The van der Waals surface area contributed by atoms with Gasteiger partial charge in [0.25, 0.3) is 0 Å². The summed E-state index contributed by atoms with van der Waals surface area (Å²) in [5.74, 6) is -0.0721. The zero-order chi connectivity index (χ0) is 13.0. The number of benzene rings is 1. The lowest BCUT2D eigenvalue weighted by Gasteiger charge is -2.24. The summed E-state index contributed by atoms with van der Waals surface area (Å²) in [4.78, 5) is 0. The van der Waals surface area contributed by atoms with Crippen LogP contribution in [0.3, 0.4) is 0 Å². The molecule has 100 valence electrons. The lowest BCUT2D eigenvalue weighted by molar-refractivity contribution is 0.316. The minimum absolute atomic E-state index is 0.0654. The normalized spacial score (nSPS) is 18.8. The minimum atomic E-state index is -0.392. The Morgan fingerprint density at radius 1 is 1.17 bits per heavy atom. The van der Waals surface area contributed by atoms with E-state index in [0.29, 0.717) is 17.9 Å². The third-order valence-electron chi connectivity index (χ3n) is 3.85. The van der Waals surface area contributed by atoms with Gasteiger partial charge in [0, 0.05) is 6.04 Å². The number of rotatable bonds is 4. The molecule has 1 nitrogen and oxygen atoms in total. The Morgan fingerprint density at radius 3 is 2.61 bits per heavy atom. The number of hydrogen-bond donors (Lipinski definition) is 1. The van der Waals surface area contributed by atoms with Crippen molar-refractivity contribution < 1.29 is 8.78 Å². The maximum Gasteiger partial charge on any atom is 0.126 e. The van der Waals surface area contributed by atoms with Gasteiger partial charge >= 0.3 is 0 Å². The van der Waals surface area contributed by atoms with Crippen LogP contribution < -0.4 is 5.73 Å². The Morgan fingerprint density at radius 2 is 1.89 bits per heavy atom. The highest BCUT2D eigenvalue weighted by molar-refractivity contribution is 5.19. The van der Waals surface area contributed by atoms with Gasteiger partial charge in [0.15, 0.2) is 0 Å². The molecule has 1 fully saturated rings. The van der Waals surface area contributed by atoms with Crippen LogP contribution in [0.4, 0.5) is 8.78 Å². The summed E-state index contributed by atoms with van der Waals surface area (Å²) in [6.07, 6.45) is 7.72. The predicted molar refractivity (Wildman–Crippen MR) is 69.2 cm³/mol. The van der Waals surface area contributed by atoms with Crippen molar-refractivity contribution >= 4 is 0 Å². The van der Waals surface area contributed by atoms with Crippen molar-refractivity contribution in [3.05, 3.63) is 35.4 Å². The van der Waals surface area contributed by atoms with Gasteiger partial charge in [-0.2, -0.15) is 0 Å². The number of nitrogens with two attached hydrogens (primary N) is 1. The highest BCUT2D eigenvalue weighted by Crippen LogP contribution is 2.27. The van der Waals surface area contributed by atoms with Crippen molar-refractivity contribution in [3.8, 4) is 0 Å². The minimum Gasteiger partial charge on any atom is -0.327 e. The highest BCUT2D eigenvalue weighted by Gasteiger charge is 2.18. The molecule has 2 N–H and O–H groups in total. The molecule has 0 radical (unpaired) electrons. The molecule has 0 heterocycles. The van der Waals surface area contributed by atoms with Crippen LogP contribution >= 0.6 is 0 Å². The zero-order valence-corrected chi connectivity index (χ0v) is 10.7. The molecular formula is C15H21F2N. The maximum absolute atomic E-state index is 13.5. The van der Waals surface area contributed by atoms with E-state index in [1.165, 1.54) is 44.2 Å². The van der Waals surface area contributed by atoms with E-state index in [4.69, 9.17) is 5.73 Å². The van der Waals surface area contributed by atoms with Crippen molar-refractivity contribution in [1.29, 1.82) is 0 Å². The molecule has 1 aromatic rings. The lowest BCUT2D eigenvalue weighted by Crippen LogP contribution is -2.27. The molecule has 0 amide bonds. The van der Waals surface area contributed by atoms with Crippen LogP contribution in [0.15, 0.2) is 18.2 Å². The van der Waals surface area contributed by atoms with Gasteiger partial charge in [0.2, 0.25) is 0 Å². The highest BCUT2D eigenvalue weighted by atomic mass is 19.1. The summed E-state index contributed by atoms with van der Waals surface area (Å²) in [7, 11) is 0. The molecule has 0 aliphatic heterocycles. The third kappa shape index (κ3) is 3.77. The standard InChI is InChI=1S/C15H21F2N/c16-13-6-7-15(17)12(9-13)10-14(18)8-11-4-2-1-3-5-11/h6-7,9,11,14H,1-5,8,10,18H2. The Balaban J connectivity index is 1.89. The second kappa shape index (κ2) is 6.28. The van der Waals surface area contributed by atoms with Crippen LogP contribution in [0.5, 0.6) is 0 Å². The molecule has 18 heavy (non-hydrogen) atoms. The summed E-state index contributed by atoms with van der Waals surface area (Å²) >= 11 is 0. The molecule has 1 atom stereocenters. The molecule has 3 heteroatoms. The van der Waals surface area contributed by atoms with Crippen LogP contribution in [0.25, 0.3) is 0 Å². The van der Waals surface area contributed by atoms with Gasteiger partial charge in [-0.15, -0.1) is 0 Å². The first-order valence-electron chi connectivity index (χ1n) is 6.84. The fourth-order valence-electron chi connectivity index (χ4n) is 2.92. The van der Waals surface area contributed by atoms with E-state index >= 15 is 0 Å². The third-order valence-corrected chi connectivity index (χ3v) is 3.85. The average molecular weight is 253 g/mol. The van der Waals surface area contributed by atoms with Gasteiger partial charge < -0.3 is 5.73 Å². The van der Waals surface area contributed by atoms with Gasteiger partial charge in [0.1, 0.15) is 11.6 Å². The first kappa shape index (κ1) is 13.5. The Hall–Kier alpha value is -0.960. The fourth-order valence-corrected chi connectivity index (χ4v) is 2.92. The van der Waals surface area contributed by atoms with Gasteiger partial charge in [-0.3, -0.25) is 0 Å². The molecule has 1 aliphatic carbocycles. The zero-order valence-electron chi connectivity index (χ0n) is 10.7. The SMILES string of the molecule is NC(Cc1cc(F)ccc1F)CC1CCCCC1. The van der Waals surface area contributed by atoms with E-state index in [2.05, 4.69) is 0 Å². The molecule has 2 rings (SSSR count). The number of hydrogen-bond acceptors (Lipinski definition) is 1. The van der Waals surface area contributed by atoms with E-state index in [1.807, 2.05) is 0 Å². The fraction of sp³-hybridized carbons (Fsp3) is 0.600. The maximum atomic E-state index is 13.5. The second-order valence-corrected chi connectivity index (χ2v) is 5.44. The molecule has 0 aromatic heterocycles. The molecule has 1 saturated carbocycles. The van der Waals surface area contributed by atoms with Gasteiger partial charge in [-0.25, -0.2) is 8.78 Å². The summed E-state index contributed by atoms with van der Waals surface area (Å²) in [6, 6.07) is 3.52. The van der Waals surface area contributed by atoms with Crippen LogP contribution in [0.2, 0.25) is 0 Å². The van der Waals surface area contributed by atoms with Crippen LogP contribution in [-0.4, -0.2) is 6.04 Å². The van der Waals surface area contributed by atoms with Crippen molar-refractivity contribution in [2.24, 2.45) is 11.7 Å². The monoisotopic (exact) mass is 253 g/mol. The molecule has 0 saturated heterocycles. The van der Waals surface area contributed by atoms with E-state index in [-0.39, 0.29) is 11.9 Å². The summed E-state index contributed by atoms with van der Waals surface area (Å²) in [6.45, 7) is 0. The summed E-state index contributed by atoms with van der Waals surface area (Å²) < 4.78 is 26.5. The molecule has 1 unspecified atom stereocenters. The largest absolute Gasteiger partial charge is 0.327 e. The van der Waals surface area contributed by atoms with Crippen LogP contribution in [0.1, 0.15) is 44.1 Å². The van der Waals surface area contributed by atoms with Crippen molar-refractivity contribution in [2.45, 2.75) is 51.0 Å². The number of halogens is 2. The van der Waals surface area contributed by atoms with Gasteiger partial charge in [0.05, 0.1) is 0 Å². The summed E-state index contributed by atoms with van der Waals surface area (Å²) in [5.41, 5.74) is 6.47. The average Bonchev–Trinajstić information content (AvgIpc) is 2.35. The predicted octanol–water partition coefficient (Wildman–Crippen LogP) is 3.81. The van der Waals surface area contributed by atoms with E-state index in [1.54, 1.807) is 0 Å². The van der Waals surface area contributed by atoms with Crippen LogP contribution in [0, 0.1) is 17.6 Å². The Labute approximate surface area is 107 Å². The van der Waals surface area contributed by atoms with Gasteiger partial charge in [-0.1, -0.05) is 32.1 Å². The van der Waals surface area contributed by atoms with Crippen molar-refractivity contribution in [3.63, 3.8) is 0 Å². The molecule has 0 spiro atoms. The van der Waals surface area contributed by atoms with Crippen LogP contribution in [-0.2, 0) is 6.42 Å². The smallest absolute Gasteiger partial charge is 0.126 e. The molecule has 1 aromatic carbocycles. The van der Waals surface area contributed by atoms with Gasteiger partial charge in [-0.05, 0) is 42.5 Å². The topological polar surface area (TPSA) is 26.0 Å². The van der Waals surface area contributed by atoms with Crippen molar-refractivity contribution in [2.75, 3.05) is 0 Å². The first-order chi connectivity index (χ1) is 8.65. The first-order valence-corrected chi connectivity index (χ1v) is 6.84. The quantitative estimate of drug-likeness (QED) is 0.867. The second-order valence-electron chi connectivity index (χ2n) is 5.44. The van der Waals surface area contributed by atoms with E-state index in [9.17, 15) is 8.78 Å². The Bertz CT molecular complexity index is 386.